The molecule has 150 valence electrons. The van der Waals surface area contributed by atoms with Crippen LogP contribution in [0.1, 0.15) is 44.0 Å². The van der Waals surface area contributed by atoms with Crippen molar-refractivity contribution >= 4 is 11.8 Å². The van der Waals surface area contributed by atoms with E-state index < -0.39 is 11.0 Å². The van der Waals surface area contributed by atoms with Gasteiger partial charge in [0.25, 0.3) is 5.91 Å². The number of likely N-dealkylation sites (tertiary alicyclic amines) is 1. The van der Waals surface area contributed by atoms with Crippen molar-refractivity contribution in [3.05, 3.63) is 23.8 Å². The van der Waals surface area contributed by atoms with Crippen LogP contribution in [-0.2, 0) is 4.79 Å². The van der Waals surface area contributed by atoms with Crippen LogP contribution in [0.5, 0.6) is 11.5 Å². The minimum absolute atomic E-state index is 0.0721. The van der Waals surface area contributed by atoms with Crippen molar-refractivity contribution in [2.75, 3.05) is 33.9 Å². The normalized spacial score (nSPS) is 15.7. The Morgan fingerprint density at radius 2 is 1.70 bits per heavy atom. The Bertz CT molecular complexity index is 671. The molecule has 2 amide bonds. The number of aliphatic hydroxyl groups is 1. The Labute approximate surface area is 160 Å². The summed E-state index contributed by atoms with van der Waals surface area (Å²) >= 11 is 0. The lowest BCUT2D eigenvalue weighted by molar-refractivity contribution is -0.134. The monoisotopic (exact) mass is 378 g/mol. The molecule has 1 heterocycles. The molecule has 1 aromatic carbocycles. The molecule has 0 aromatic heterocycles. The zero-order chi connectivity index (χ0) is 20.2. The summed E-state index contributed by atoms with van der Waals surface area (Å²) in [6, 6.07) is 5.13. The Kier molecular flexibility index (Phi) is 6.36. The second-order valence-electron chi connectivity index (χ2n) is 7.37. The predicted octanol–water partition coefficient (Wildman–Crippen LogP) is 1.83. The summed E-state index contributed by atoms with van der Waals surface area (Å²) in [6.07, 6.45) is 1.46. The maximum absolute atomic E-state index is 12.8. The fourth-order valence-corrected chi connectivity index (χ4v) is 3.17. The molecule has 27 heavy (non-hydrogen) atoms. The van der Waals surface area contributed by atoms with E-state index in [4.69, 9.17) is 9.47 Å². The number of hydrogen-bond acceptors (Lipinski definition) is 5. The smallest absolute Gasteiger partial charge is 0.261 e. The standard InChI is InChI=1S/C20H30N2O5/c1-6-19(3,7-2)18(24)21-11-20(25)12-22(13-20)17(23)16-14(26-4)9-8-10-15(16)27-5/h8-10,25H,6-7,11-13H2,1-5H3,(H,21,24). The highest BCUT2D eigenvalue weighted by molar-refractivity contribution is 6.00. The lowest BCUT2D eigenvalue weighted by Crippen LogP contribution is -2.68. The van der Waals surface area contributed by atoms with Crippen molar-refractivity contribution in [1.29, 1.82) is 0 Å². The molecular formula is C20H30N2O5. The first-order chi connectivity index (χ1) is 12.7. The van der Waals surface area contributed by atoms with Crippen LogP contribution >= 0.6 is 0 Å². The molecule has 0 unspecified atom stereocenters. The second-order valence-corrected chi connectivity index (χ2v) is 7.37. The van der Waals surface area contributed by atoms with Gasteiger partial charge in [-0.3, -0.25) is 9.59 Å². The van der Waals surface area contributed by atoms with Gasteiger partial charge in [-0.2, -0.15) is 0 Å². The van der Waals surface area contributed by atoms with Crippen LogP contribution in [0.3, 0.4) is 0 Å². The lowest BCUT2D eigenvalue weighted by Gasteiger charge is -2.47. The van der Waals surface area contributed by atoms with Crippen molar-refractivity contribution < 1.29 is 24.2 Å². The topological polar surface area (TPSA) is 88.1 Å². The molecule has 1 aliphatic heterocycles. The summed E-state index contributed by atoms with van der Waals surface area (Å²) in [7, 11) is 2.98. The van der Waals surface area contributed by atoms with E-state index >= 15 is 0 Å². The number of ether oxygens (including phenoxy) is 2. The SMILES string of the molecule is CCC(C)(CC)C(=O)NCC1(O)CN(C(=O)c2c(OC)cccc2OC)C1. The van der Waals surface area contributed by atoms with Crippen LogP contribution in [0.4, 0.5) is 0 Å². The molecule has 2 rings (SSSR count). The van der Waals surface area contributed by atoms with Crippen molar-refractivity contribution in [2.24, 2.45) is 5.41 Å². The number of methoxy groups -OCH3 is 2. The molecule has 0 atom stereocenters. The molecule has 0 bridgehead atoms. The fraction of sp³-hybridized carbons (Fsp3) is 0.600. The van der Waals surface area contributed by atoms with Crippen LogP contribution in [0.2, 0.25) is 0 Å². The summed E-state index contributed by atoms with van der Waals surface area (Å²) in [5, 5.41) is 13.5. The first kappa shape index (κ1) is 21.0. The molecule has 1 saturated heterocycles. The molecule has 0 radical (unpaired) electrons. The van der Waals surface area contributed by atoms with Crippen molar-refractivity contribution in [2.45, 2.75) is 39.2 Å². The number of nitrogens with one attached hydrogen (secondary N) is 1. The molecule has 1 fully saturated rings. The molecule has 0 saturated carbocycles. The van der Waals surface area contributed by atoms with Gasteiger partial charge in [0.15, 0.2) is 0 Å². The maximum atomic E-state index is 12.8. The summed E-state index contributed by atoms with van der Waals surface area (Å²) in [6.45, 7) is 6.26. The molecule has 0 spiro atoms. The summed E-state index contributed by atoms with van der Waals surface area (Å²) in [5.74, 6) is 0.499. The van der Waals surface area contributed by atoms with Crippen molar-refractivity contribution in [1.82, 2.24) is 10.2 Å². The van der Waals surface area contributed by atoms with E-state index in [1.807, 2.05) is 20.8 Å². The van der Waals surface area contributed by atoms with Gasteiger partial charge in [-0.15, -0.1) is 0 Å². The van der Waals surface area contributed by atoms with Gasteiger partial charge in [0.1, 0.15) is 22.7 Å². The van der Waals surface area contributed by atoms with E-state index in [1.165, 1.54) is 19.1 Å². The zero-order valence-corrected chi connectivity index (χ0v) is 16.8. The Hall–Kier alpha value is -2.28. The largest absolute Gasteiger partial charge is 0.496 e. The fourth-order valence-electron chi connectivity index (χ4n) is 3.17. The quantitative estimate of drug-likeness (QED) is 0.721. The highest BCUT2D eigenvalue weighted by Gasteiger charge is 2.45. The van der Waals surface area contributed by atoms with Crippen LogP contribution in [0.15, 0.2) is 18.2 Å². The molecule has 2 N–H and O–H groups in total. The highest BCUT2D eigenvalue weighted by Crippen LogP contribution is 2.33. The van der Waals surface area contributed by atoms with Crippen molar-refractivity contribution in [3.8, 4) is 11.5 Å². The summed E-state index contributed by atoms with van der Waals surface area (Å²) in [5.41, 5.74) is -1.23. The van der Waals surface area contributed by atoms with E-state index in [-0.39, 0.29) is 31.4 Å². The van der Waals surface area contributed by atoms with E-state index in [0.29, 0.717) is 17.1 Å². The number of β-amino-alcohol motifs (C(OH)–C–C–N with tert-alkyl or cyclic N) is 1. The van der Waals surface area contributed by atoms with Gasteiger partial charge in [0.05, 0.1) is 27.3 Å². The van der Waals surface area contributed by atoms with Crippen LogP contribution in [0, 0.1) is 5.41 Å². The molecule has 7 heteroatoms. The number of carbonyl (C=O) groups is 2. The maximum Gasteiger partial charge on any atom is 0.261 e. The summed E-state index contributed by atoms with van der Waals surface area (Å²) in [4.78, 5) is 26.7. The minimum atomic E-state index is -1.12. The molecular weight excluding hydrogens is 348 g/mol. The van der Waals surface area contributed by atoms with Gasteiger partial charge in [-0.1, -0.05) is 26.8 Å². The van der Waals surface area contributed by atoms with E-state index in [9.17, 15) is 14.7 Å². The van der Waals surface area contributed by atoms with E-state index in [2.05, 4.69) is 5.32 Å². The molecule has 1 aromatic rings. The van der Waals surface area contributed by atoms with Gasteiger partial charge in [0.2, 0.25) is 5.91 Å². The molecule has 1 aliphatic rings. The summed E-state index contributed by atoms with van der Waals surface area (Å²) < 4.78 is 10.5. The third-order valence-corrected chi connectivity index (χ3v) is 5.59. The van der Waals surface area contributed by atoms with E-state index in [1.54, 1.807) is 18.2 Å². The highest BCUT2D eigenvalue weighted by atomic mass is 16.5. The Balaban J connectivity index is 2.01. The van der Waals surface area contributed by atoms with Crippen molar-refractivity contribution in [3.63, 3.8) is 0 Å². The average Bonchev–Trinajstić information content (AvgIpc) is 2.67. The van der Waals surface area contributed by atoms with Crippen LogP contribution < -0.4 is 14.8 Å². The number of benzene rings is 1. The van der Waals surface area contributed by atoms with Gasteiger partial charge >= 0.3 is 0 Å². The van der Waals surface area contributed by atoms with Gasteiger partial charge in [-0.25, -0.2) is 0 Å². The number of hydrogen-bond donors (Lipinski definition) is 2. The van der Waals surface area contributed by atoms with Crippen LogP contribution in [-0.4, -0.2) is 61.3 Å². The van der Waals surface area contributed by atoms with E-state index in [0.717, 1.165) is 12.8 Å². The molecule has 7 nitrogen and oxygen atoms in total. The predicted molar refractivity (Wildman–Crippen MR) is 102 cm³/mol. The average molecular weight is 378 g/mol. The number of nitrogens with zero attached hydrogens (tertiary/aromatic N) is 1. The number of rotatable bonds is 8. The first-order valence-corrected chi connectivity index (χ1v) is 9.24. The van der Waals surface area contributed by atoms with Gasteiger partial charge < -0.3 is 24.8 Å². The number of amides is 2. The minimum Gasteiger partial charge on any atom is -0.496 e. The number of carbonyl (C=O) groups excluding carboxylic acids is 2. The Morgan fingerprint density at radius 1 is 1.19 bits per heavy atom. The third-order valence-electron chi connectivity index (χ3n) is 5.59. The van der Waals surface area contributed by atoms with Crippen LogP contribution in [0.25, 0.3) is 0 Å². The zero-order valence-electron chi connectivity index (χ0n) is 16.8. The lowest BCUT2D eigenvalue weighted by atomic mass is 9.83. The Morgan fingerprint density at radius 3 is 2.15 bits per heavy atom. The third kappa shape index (κ3) is 4.18. The van der Waals surface area contributed by atoms with Gasteiger partial charge in [0, 0.05) is 12.0 Å². The van der Waals surface area contributed by atoms with Gasteiger partial charge in [-0.05, 0) is 25.0 Å². The molecule has 0 aliphatic carbocycles. The first-order valence-electron chi connectivity index (χ1n) is 9.24. The second kappa shape index (κ2) is 8.17.